The van der Waals surface area contributed by atoms with Crippen molar-refractivity contribution >= 4 is 0 Å². The normalized spacial score (nSPS) is 41.6. The van der Waals surface area contributed by atoms with E-state index >= 15 is 0 Å². The molecule has 0 spiro atoms. The van der Waals surface area contributed by atoms with Crippen molar-refractivity contribution in [1.82, 2.24) is 0 Å². The first kappa shape index (κ1) is 78.7. The van der Waals surface area contributed by atoms with Crippen LogP contribution >= 0.6 is 0 Å². The van der Waals surface area contributed by atoms with Crippen molar-refractivity contribution in [3.8, 4) is 0 Å². The molecule has 0 heteroatoms. The van der Waals surface area contributed by atoms with E-state index in [0.29, 0.717) is 21.7 Å². The fourth-order valence-electron chi connectivity index (χ4n) is 21.9. The SMILES string of the molecule is CC1C(C)(C)CCCC1(C)C.CC1C2CCC(C2)C1(C)C.CC1C2CCC(C2)C1C.CC1CC2CCC1(C)C2.CC1CC2CCC1C2.CC1CCCC(C)C1C.CC1CCCC[C@H]1C.CCC1CCCC1.CCC1CCCCC1.C[C@@H]1CCCCC1(C)C. The van der Waals surface area contributed by atoms with Crippen LogP contribution in [0.4, 0.5) is 0 Å². The van der Waals surface area contributed by atoms with E-state index in [2.05, 4.69) is 159 Å². The van der Waals surface area contributed by atoms with E-state index in [4.69, 9.17) is 0 Å². The Labute approximate surface area is 557 Å². The highest BCUT2D eigenvalue weighted by Crippen LogP contribution is 2.60. The quantitative estimate of drug-likeness (QED) is 0.259. The third-order valence-electron chi connectivity index (χ3n) is 32.1. The molecule has 14 aliphatic rings. The van der Waals surface area contributed by atoms with Crippen molar-refractivity contribution in [2.45, 2.75) is 410 Å². The molecule has 16 unspecified atom stereocenters. The van der Waals surface area contributed by atoms with Gasteiger partial charge in [-0.25, -0.2) is 0 Å². The van der Waals surface area contributed by atoms with Gasteiger partial charge in [0.2, 0.25) is 0 Å². The first-order valence-corrected chi connectivity index (χ1v) is 41.3. The Morgan fingerprint density at radius 1 is 0.295 bits per heavy atom. The van der Waals surface area contributed by atoms with Gasteiger partial charge in [0.25, 0.3) is 0 Å². The third kappa shape index (κ3) is 23.7. The van der Waals surface area contributed by atoms with Crippen molar-refractivity contribution in [3.05, 3.63) is 0 Å². The average molecular weight is 1230 g/mol. The summed E-state index contributed by atoms with van der Waals surface area (Å²) in [5.74, 6) is 21.9. The molecule has 14 rings (SSSR count). The Hall–Kier alpha value is 0. The summed E-state index contributed by atoms with van der Waals surface area (Å²) in [4.78, 5) is 0. The van der Waals surface area contributed by atoms with Crippen molar-refractivity contribution < 1.29 is 0 Å². The van der Waals surface area contributed by atoms with E-state index in [1.807, 2.05) is 0 Å². The van der Waals surface area contributed by atoms with Crippen LogP contribution in [0.3, 0.4) is 0 Å². The minimum atomic E-state index is 0.571. The lowest BCUT2D eigenvalue weighted by molar-refractivity contribution is 0.0286. The van der Waals surface area contributed by atoms with Crippen LogP contribution in [0.2, 0.25) is 0 Å². The third-order valence-corrected chi connectivity index (χ3v) is 32.1. The van der Waals surface area contributed by atoms with Crippen molar-refractivity contribution in [1.29, 1.82) is 0 Å². The zero-order chi connectivity index (χ0) is 65.2. The van der Waals surface area contributed by atoms with Gasteiger partial charge in [0.15, 0.2) is 0 Å². The number of rotatable bonds is 2. The lowest BCUT2D eigenvalue weighted by atomic mass is 9.58. The average Bonchev–Trinajstić information content (AvgIpc) is 1.72. The second kappa shape index (κ2) is 36.9. The van der Waals surface area contributed by atoms with Crippen LogP contribution in [-0.4, -0.2) is 0 Å². The molecule has 0 aliphatic heterocycles. The minimum absolute atomic E-state index is 0.571. The molecule has 14 saturated carbocycles. The molecule has 88 heavy (non-hydrogen) atoms. The van der Waals surface area contributed by atoms with Crippen LogP contribution in [0.15, 0.2) is 0 Å². The molecule has 14 fully saturated rings. The van der Waals surface area contributed by atoms with Gasteiger partial charge in [0, 0.05) is 0 Å². The van der Waals surface area contributed by atoms with Crippen LogP contribution in [0.5, 0.6) is 0 Å². The molecule has 0 radical (unpaired) electrons. The molecule has 0 aromatic heterocycles. The predicted molar refractivity (Wildman–Crippen MR) is 396 cm³/mol. The molecule has 18 atom stereocenters. The maximum atomic E-state index is 2.48. The predicted octanol–water partition coefficient (Wildman–Crippen LogP) is 29.6. The van der Waals surface area contributed by atoms with Crippen molar-refractivity contribution in [3.63, 3.8) is 0 Å². The Kier molecular flexibility index (Phi) is 33.0. The highest BCUT2D eigenvalue weighted by molar-refractivity contribution is 5.00. The molecule has 0 heterocycles. The molecule has 0 nitrogen and oxygen atoms in total. The van der Waals surface area contributed by atoms with E-state index in [0.717, 1.165) is 130 Å². The molecule has 0 N–H and O–H groups in total. The Morgan fingerprint density at radius 2 is 0.761 bits per heavy atom. The second-order valence-electron chi connectivity index (χ2n) is 39.1. The smallest absolute Gasteiger partial charge is 0.0297 e. The summed E-state index contributed by atoms with van der Waals surface area (Å²) in [6.45, 7) is 55.4. The van der Waals surface area contributed by atoms with Crippen LogP contribution in [0, 0.1) is 151 Å². The highest BCUT2D eigenvalue weighted by Gasteiger charge is 2.50. The van der Waals surface area contributed by atoms with Crippen LogP contribution < -0.4 is 0 Å². The number of hydrogen-bond acceptors (Lipinski definition) is 0. The summed E-state index contributed by atoms with van der Waals surface area (Å²) in [6.07, 6.45) is 58.2. The molecular formula is C88H168. The topological polar surface area (TPSA) is 0 Å². The molecular weight excluding hydrogens is 1060 g/mol. The summed E-state index contributed by atoms with van der Waals surface area (Å²) >= 11 is 0. The maximum absolute atomic E-state index is 2.48. The van der Waals surface area contributed by atoms with Crippen molar-refractivity contribution in [2.24, 2.45) is 151 Å². The summed E-state index contributed by atoms with van der Waals surface area (Å²) in [5, 5.41) is 0. The van der Waals surface area contributed by atoms with Gasteiger partial charge in [-0.1, -0.05) is 307 Å². The minimum Gasteiger partial charge on any atom is -0.0651 e. The second-order valence-corrected chi connectivity index (χ2v) is 39.1. The Bertz CT molecular complexity index is 1770. The van der Waals surface area contributed by atoms with Crippen LogP contribution in [-0.2, 0) is 0 Å². The molecule has 14 aliphatic carbocycles. The fraction of sp³-hybridized carbons (Fsp3) is 1.00. The Balaban J connectivity index is 0.000000178. The van der Waals surface area contributed by atoms with Crippen LogP contribution in [0.1, 0.15) is 410 Å². The molecule has 0 saturated heterocycles. The van der Waals surface area contributed by atoms with Crippen LogP contribution in [0.25, 0.3) is 0 Å². The fourth-order valence-corrected chi connectivity index (χ4v) is 21.9. The van der Waals surface area contributed by atoms with E-state index in [-0.39, 0.29) is 0 Å². The highest BCUT2D eigenvalue weighted by atomic mass is 14.6. The van der Waals surface area contributed by atoms with Gasteiger partial charge in [-0.2, -0.15) is 0 Å². The standard InChI is InChI=1S/C11H22.C10H18.2C9H16.2C9H18.C8H14.2C8H16.C7H14/c1-9-10(2,3)7-6-8-11(9,4)5;1-7-8-4-5-9(6-8)10(7,2)3;1-7-5-8-3-4-9(7,2)6-8;1-6-7(2)9-4-3-8(6)5-9;1-8-6-4-5-7-9(8,2)3;1-7-5-4-6-8(2)9(7)3;1-6-4-7-2-3-8(6)5-7;1-7-5-3-4-6-8(7)2;1-2-8-6-4-3-5-7-8;1-2-7-5-3-4-6-7/h9H,6-8H2,1-5H3;7-9H,4-6H2,1-3H3;7-8H,3-6H2,1-2H3;6-9H,3-5H2,1-2H3;8H,4-7H2,1-3H3;7-9H,4-6H2,1-3H3;6-8H,2-5H2,1H3;7-8H,3-6H2,1-2H3;8H,2-7H2,1H3;7H,2-6H2,1H3/t;;;;8-;;;7-,8?;;/m....1..1../s1. The molecule has 0 aromatic carbocycles. The van der Waals surface area contributed by atoms with Gasteiger partial charge >= 0.3 is 0 Å². The molecule has 8 bridgehead atoms. The lowest BCUT2D eigenvalue weighted by Gasteiger charge is -2.47. The molecule has 0 aromatic rings. The van der Waals surface area contributed by atoms with Gasteiger partial charge < -0.3 is 0 Å². The zero-order valence-corrected chi connectivity index (χ0v) is 65.2. The van der Waals surface area contributed by atoms with E-state index < -0.39 is 0 Å². The monoisotopic (exact) mass is 1230 g/mol. The van der Waals surface area contributed by atoms with Gasteiger partial charge in [-0.15, -0.1) is 0 Å². The number of hydrogen-bond donors (Lipinski definition) is 0. The summed E-state index contributed by atoms with van der Waals surface area (Å²) in [6, 6.07) is 0. The molecule has 0 amide bonds. The van der Waals surface area contributed by atoms with E-state index in [1.165, 1.54) is 218 Å². The molecule has 520 valence electrons. The zero-order valence-electron chi connectivity index (χ0n) is 65.2. The van der Waals surface area contributed by atoms with Gasteiger partial charge in [-0.3, -0.25) is 0 Å². The van der Waals surface area contributed by atoms with E-state index in [1.54, 1.807) is 32.1 Å². The van der Waals surface area contributed by atoms with E-state index in [9.17, 15) is 0 Å². The summed E-state index contributed by atoms with van der Waals surface area (Å²) < 4.78 is 0. The Morgan fingerprint density at radius 3 is 1.03 bits per heavy atom. The summed E-state index contributed by atoms with van der Waals surface area (Å²) in [7, 11) is 0. The maximum Gasteiger partial charge on any atom is -0.0297 e. The first-order valence-electron chi connectivity index (χ1n) is 41.3. The number of fused-ring (bicyclic) bond motifs is 8. The van der Waals surface area contributed by atoms with Crippen molar-refractivity contribution in [2.75, 3.05) is 0 Å². The first-order chi connectivity index (χ1) is 41.3. The van der Waals surface area contributed by atoms with Gasteiger partial charge in [0.05, 0.1) is 0 Å². The van der Waals surface area contributed by atoms with Gasteiger partial charge in [0.1, 0.15) is 0 Å². The summed E-state index contributed by atoms with van der Waals surface area (Å²) in [5.41, 5.74) is 3.22. The van der Waals surface area contributed by atoms with Gasteiger partial charge in [-0.05, 0) is 254 Å². The largest absolute Gasteiger partial charge is 0.0651 e. The lowest BCUT2D eigenvalue weighted by Crippen LogP contribution is -2.38.